The van der Waals surface area contributed by atoms with Crippen LogP contribution < -0.4 is 10.6 Å². The van der Waals surface area contributed by atoms with Crippen LogP contribution in [0.2, 0.25) is 15.1 Å². The van der Waals surface area contributed by atoms with Crippen LogP contribution in [0.3, 0.4) is 0 Å². The maximum atomic E-state index is 12.6. The van der Waals surface area contributed by atoms with Crippen molar-refractivity contribution < 1.29 is 9.59 Å². The fraction of sp³-hybridized carbons (Fsp3) is 0.391. The first-order valence-corrected chi connectivity index (χ1v) is 11.5. The third-order valence-corrected chi connectivity index (χ3v) is 7.18. The van der Waals surface area contributed by atoms with Crippen LogP contribution in [-0.2, 0) is 11.3 Å². The van der Waals surface area contributed by atoms with E-state index in [1.807, 2.05) is 18.2 Å². The first kappa shape index (κ1) is 22.4. The summed E-state index contributed by atoms with van der Waals surface area (Å²) in [5.41, 5.74) is 1.33. The van der Waals surface area contributed by atoms with E-state index in [2.05, 4.69) is 22.5 Å². The molecule has 4 rings (SSSR count). The summed E-state index contributed by atoms with van der Waals surface area (Å²) >= 11 is 18.1. The molecule has 1 saturated carbocycles. The van der Waals surface area contributed by atoms with Gasteiger partial charge in [-0.2, -0.15) is 0 Å². The van der Waals surface area contributed by atoms with Gasteiger partial charge in [0.2, 0.25) is 5.91 Å². The monoisotopic (exact) mass is 479 g/mol. The van der Waals surface area contributed by atoms with E-state index in [4.69, 9.17) is 34.8 Å². The predicted octanol–water partition coefficient (Wildman–Crippen LogP) is 4.69. The minimum Gasteiger partial charge on any atom is -0.347 e. The summed E-state index contributed by atoms with van der Waals surface area (Å²) in [5.74, 6) is -0.495. The van der Waals surface area contributed by atoms with E-state index < -0.39 is 0 Å². The van der Waals surface area contributed by atoms with Gasteiger partial charge >= 0.3 is 0 Å². The summed E-state index contributed by atoms with van der Waals surface area (Å²) in [6, 6.07) is 13.0. The van der Waals surface area contributed by atoms with Crippen molar-refractivity contribution in [1.29, 1.82) is 0 Å². The number of nitrogens with zero attached hydrogens (tertiary/aromatic N) is 1. The van der Waals surface area contributed by atoms with E-state index in [-0.39, 0.29) is 23.9 Å². The second kappa shape index (κ2) is 8.99. The molecule has 31 heavy (non-hydrogen) atoms. The molecule has 0 radical (unpaired) electrons. The molecule has 3 atom stereocenters. The average Bonchev–Trinajstić information content (AvgIpc) is 3.36. The molecule has 5 nitrogen and oxygen atoms in total. The summed E-state index contributed by atoms with van der Waals surface area (Å²) in [5, 5.41) is 7.44. The fourth-order valence-electron chi connectivity index (χ4n) is 4.60. The smallest absolute Gasteiger partial charge is 0.251 e. The summed E-state index contributed by atoms with van der Waals surface area (Å²) in [7, 11) is 0. The molecular weight excluding hydrogens is 457 g/mol. The fourth-order valence-corrected chi connectivity index (χ4v) is 5.11. The largest absolute Gasteiger partial charge is 0.347 e. The lowest BCUT2D eigenvalue weighted by Gasteiger charge is -2.26. The molecule has 0 spiro atoms. The molecule has 1 unspecified atom stereocenters. The third-order valence-electron chi connectivity index (χ3n) is 6.21. The Kier molecular flexibility index (Phi) is 6.50. The number of hydrogen-bond acceptors (Lipinski definition) is 3. The Balaban J connectivity index is 1.34. The highest BCUT2D eigenvalue weighted by Crippen LogP contribution is 2.53. The molecule has 2 aromatic rings. The van der Waals surface area contributed by atoms with Crippen LogP contribution in [0.4, 0.5) is 0 Å². The van der Waals surface area contributed by atoms with Gasteiger partial charge < -0.3 is 10.6 Å². The van der Waals surface area contributed by atoms with Crippen molar-refractivity contribution >= 4 is 46.6 Å². The molecule has 164 valence electrons. The lowest BCUT2D eigenvalue weighted by Crippen LogP contribution is -2.44. The van der Waals surface area contributed by atoms with Crippen molar-refractivity contribution in [2.75, 3.05) is 6.54 Å². The minimum atomic E-state index is -0.318. The molecule has 1 saturated heterocycles. The van der Waals surface area contributed by atoms with Crippen LogP contribution in [0.25, 0.3) is 0 Å². The highest BCUT2D eigenvalue weighted by atomic mass is 35.5. The van der Waals surface area contributed by atoms with E-state index >= 15 is 0 Å². The number of carbonyl (C=O) groups excluding carboxylic acids is 2. The molecule has 0 bridgehead atoms. The Morgan fingerprint density at radius 3 is 2.61 bits per heavy atom. The summed E-state index contributed by atoms with van der Waals surface area (Å²) in [6.45, 7) is 2.87. The van der Waals surface area contributed by atoms with Crippen molar-refractivity contribution in [2.24, 2.45) is 0 Å². The molecular formula is C23H24Cl3N3O2. The van der Waals surface area contributed by atoms with Crippen molar-refractivity contribution in [2.45, 2.75) is 50.4 Å². The van der Waals surface area contributed by atoms with Gasteiger partial charge in [-0.3, -0.25) is 14.5 Å². The maximum Gasteiger partial charge on any atom is 0.251 e. The van der Waals surface area contributed by atoms with Gasteiger partial charge in [-0.25, -0.2) is 0 Å². The topological polar surface area (TPSA) is 61.4 Å². The second-order valence-electron chi connectivity index (χ2n) is 8.30. The normalized spacial score (nSPS) is 24.5. The van der Waals surface area contributed by atoms with Crippen LogP contribution in [0.15, 0.2) is 42.5 Å². The summed E-state index contributed by atoms with van der Waals surface area (Å²) < 4.78 is 0. The maximum absolute atomic E-state index is 12.6. The minimum absolute atomic E-state index is 0.0661. The lowest BCUT2D eigenvalue weighted by atomic mass is 10.1. The van der Waals surface area contributed by atoms with Crippen molar-refractivity contribution in [3.05, 3.63) is 68.7 Å². The molecule has 1 aliphatic carbocycles. The number of likely N-dealkylation sites (tertiary alicyclic amines) is 1. The van der Waals surface area contributed by atoms with Crippen molar-refractivity contribution in [1.82, 2.24) is 15.5 Å². The van der Waals surface area contributed by atoms with E-state index in [1.54, 1.807) is 24.3 Å². The Morgan fingerprint density at radius 1 is 1.10 bits per heavy atom. The van der Waals surface area contributed by atoms with E-state index in [1.165, 1.54) is 0 Å². The molecule has 8 heteroatoms. The number of amides is 2. The summed E-state index contributed by atoms with van der Waals surface area (Å²) in [6.07, 6.45) is 2.82. The van der Waals surface area contributed by atoms with Gasteiger partial charge in [0.1, 0.15) is 0 Å². The molecule has 1 heterocycles. The van der Waals surface area contributed by atoms with Gasteiger partial charge in [-0.15, -0.1) is 0 Å². The molecule has 0 aromatic heterocycles. The standard InChI is InChI=1S/C23H24Cl3N3O2/c1-2-17-10-23(11-20(23)29(17)13-14-6-7-18(25)19(26)8-14)28-21(30)12-27-22(31)15-4-3-5-16(24)9-15/h3-9,17,20H,2,10-13H2,1H3,(H,27,31)(H,28,30)/t17-,20?,23-/m1/s1. The molecule has 1 aliphatic heterocycles. The number of benzene rings is 2. The van der Waals surface area contributed by atoms with Crippen LogP contribution >= 0.6 is 34.8 Å². The van der Waals surface area contributed by atoms with Crippen molar-refractivity contribution in [3.8, 4) is 0 Å². The first-order valence-electron chi connectivity index (χ1n) is 10.4. The van der Waals surface area contributed by atoms with Crippen LogP contribution in [0.1, 0.15) is 42.1 Å². The Hall–Kier alpha value is -1.79. The average molecular weight is 481 g/mol. The number of fused-ring (bicyclic) bond motifs is 1. The Bertz CT molecular complexity index is 1020. The number of hydrogen-bond donors (Lipinski definition) is 2. The van der Waals surface area contributed by atoms with Gasteiger partial charge in [-0.1, -0.05) is 53.9 Å². The molecule has 2 aromatic carbocycles. The SMILES string of the molecule is CC[C@@H]1C[C@@]2(NC(=O)CNC(=O)c3cccc(Cl)c3)CC2N1Cc1ccc(Cl)c(Cl)c1. The Labute approximate surface area is 197 Å². The number of nitrogens with one attached hydrogen (secondary N) is 2. The number of halogens is 3. The molecule has 2 N–H and O–H groups in total. The molecule has 2 amide bonds. The van der Waals surface area contributed by atoms with Gasteiger partial charge in [0.25, 0.3) is 5.91 Å². The molecule has 2 fully saturated rings. The van der Waals surface area contributed by atoms with Gasteiger partial charge in [-0.05, 0) is 55.2 Å². The van der Waals surface area contributed by atoms with Gasteiger partial charge in [0.05, 0.1) is 22.1 Å². The quantitative estimate of drug-likeness (QED) is 0.604. The van der Waals surface area contributed by atoms with E-state index in [0.29, 0.717) is 32.7 Å². The van der Waals surface area contributed by atoms with Crippen LogP contribution in [-0.4, -0.2) is 40.9 Å². The van der Waals surface area contributed by atoms with Gasteiger partial charge in [0, 0.05) is 29.2 Å². The number of carbonyl (C=O) groups is 2. The number of rotatable bonds is 7. The van der Waals surface area contributed by atoms with Crippen molar-refractivity contribution in [3.63, 3.8) is 0 Å². The van der Waals surface area contributed by atoms with E-state index in [9.17, 15) is 9.59 Å². The van der Waals surface area contributed by atoms with Crippen LogP contribution in [0, 0.1) is 0 Å². The highest BCUT2D eigenvalue weighted by molar-refractivity contribution is 6.42. The predicted molar refractivity (Wildman–Crippen MR) is 124 cm³/mol. The summed E-state index contributed by atoms with van der Waals surface area (Å²) in [4.78, 5) is 27.3. The zero-order valence-electron chi connectivity index (χ0n) is 17.1. The zero-order chi connectivity index (χ0) is 22.2. The lowest BCUT2D eigenvalue weighted by molar-refractivity contribution is -0.121. The molecule has 2 aliphatic rings. The highest BCUT2D eigenvalue weighted by Gasteiger charge is 2.64. The first-order chi connectivity index (χ1) is 14.8. The zero-order valence-corrected chi connectivity index (χ0v) is 19.4. The second-order valence-corrected chi connectivity index (χ2v) is 9.56. The number of piperidine rings is 1. The van der Waals surface area contributed by atoms with E-state index in [0.717, 1.165) is 31.4 Å². The van der Waals surface area contributed by atoms with Crippen LogP contribution in [0.5, 0.6) is 0 Å². The Morgan fingerprint density at radius 2 is 1.90 bits per heavy atom. The van der Waals surface area contributed by atoms with Gasteiger partial charge in [0.15, 0.2) is 0 Å². The third kappa shape index (κ3) is 4.85.